The summed E-state index contributed by atoms with van der Waals surface area (Å²) >= 11 is 0. The van der Waals surface area contributed by atoms with Gasteiger partial charge < -0.3 is 10.4 Å². The highest BCUT2D eigenvalue weighted by Gasteiger charge is 2.26. The van der Waals surface area contributed by atoms with E-state index in [1.54, 1.807) is 18.2 Å². The Hall–Kier alpha value is -2.28. The lowest BCUT2D eigenvalue weighted by molar-refractivity contribution is 0.0213. The van der Waals surface area contributed by atoms with Crippen LogP contribution in [0.15, 0.2) is 30.6 Å². The summed E-state index contributed by atoms with van der Waals surface area (Å²) in [5.74, 6) is -0.248. The van der Waals surface area contributed by atoms with Crippen LogP contribution in [0.5, 0.6) is 0 Å². The van der Waals surface area contributed by atoms with Crippen molar-refractivity contribution in [2.45, 2.75) is 45.1 Å². The number of nitrogens with one attached hydrogen (secondary N) is 1. The van der Waals surface area contributed by atoms with E-state index < -0.39 is 5.60 Å². The second-order valence-corrected chi connectivity index (χ2v) is 5.68. The summed E-state index contributed by atoms with van der Waals surface area (Å²) < 4.78 is 1.44. The van der Waals surface area contributed by atoms with Crippen molar-refractivity contribution in [3.63, 3.8) is 0 Å². The molecule has 2 rings (SSSR count). The summed E-state index contributed by atoms with van der Waals surface area (Å²) in [7, 11) is 0. The largest absolute Gasteiger partial charge is 0.388 e. The molecule has 1 heterocycles. The van der Waals surface area contributed by atoms with Crippen molar-refractivity contribution in [3.05, 3.63) is 36.2 Å². The van der Waals surface area contributed by atoms with E-state index in [9.17, 15) is 9.90 Å². The SMILES string of the molecule is CCCC(O)(CCC)CNC(=O)c1ccccc1-n1cnnn1. The summed E-state index contributed by atoms with van der Waals surface area (Å²) in [5.41, 5.74) is 0.211. The molecule has 1 aromatic carbocycles. The van der Waals surface area contributed by atoms with E-state index in [0.717, 1.165) is 12.8 Å². The van der Waals surface area contributed by atoms with Gasteiger partial charge in [0.15, 0.2) is 0 Å². The number of carbonyl (C=O) groups excluding carboxylic acids is 1. The summed E-state index contributed by atoms with van der Waals surface area (Å²) in [4.78, 5) is 12.5. The van der Waals surface area contributed by atoms with Gasteiger partial charge in [0, 0.05) is 6.54 Å². The highest BCUT2D eigenvalue weighted by Crippen LogP contribution is 2.19. The Morgan fingerprint density at radius 3 is 2.57 bits per heavy atom. The zero-order valence-corrected chi connectivity index (χ0v) is 13.6. The number of tetrazole rings is 1. The maximum absolute atomic E-state index is 12.5. The Balaban J connectivity index is 2.12. The number of hydrogen-bond donors (Lipinski definition) is 2. The standard InChI is InChI=1S/C16H23N5O2/c1-3-9-16(23,10-4-2)11-17-15(22)13-7-5-6-8-14(13)21-12-18-19-20-21/h5-8,12,23H,3-4,9-11H2,1-2H3,(H,17,22). The second-order valence-electron chi connectivity index (χ2n) is 5.68. The first-order valence-electron chi connectivity index (χ1n) is 7.92. The fourth-order valence-corrected chi connectivity index (χ4v) is 2.71. The summed E-state index contributed by atoms with van der Waals surface area (Å²) in [6.45, 7) is 4.28. The van der Waals surface area contributed by atoms with Gasteiger partial charge in [-0.1, -0.05) is 38.8 Å². The van der Waals surface area contributed by atoms with Crippen molar-refractivity contribution >= 4 is 5.91 Å². The molecule has 7 heteroatoms. The maximum atomic E-state index is 12.5. The lowest BCUT2D eigenvalue weighted by Crippen LogP contribution is -2.43. The number of aromatic nitrogens is 4. The molecular weight excluding hydrogens is 294 g/mol. The van der Waals surface area contributed by atoms with E-state index in [1.165, 1.54) is 11.0 Å². The van der Waals surface area contributed by atoms with Gasteiger partial charge in [0.2, 0.25) is 0 Å². The molecule has 2 aromatic rings. The molecule has 0 atom stereocenters. The first-order valence-corrected chi connectivity index (χ1v) is 7.92. The minimum Gasteiger partial charge on any atom is -0.388 e. The second kappa shape index (κ2) is 7.82. The van der Waals surface area contributed by atoms with Crippen LogP contribution < -0.4 is 5.32 Å². The van der Waals surface area contributed by atoms with Gasteiger partial charge in [-0.25, -0.2) is 0 Å². The number of para-hydroxylation sites is 1. The molecule has 1 amide bonds. The van der Waals surface area contributed by atoms with Gasteiger partial charge in [0.25, 0.3) is 5.91 Å². The molecular formula is C16H23N5O2. The number of hydrogen-bond acceptors (Lipinski definition) is 5. The van der Waals surface area contributed by atoms with Crippen molar-refractivity contribution in [2.75, 3.05) is 6.54 Å². The summed E-state index contributed by atoms with van der Waals surface area (Å²) in [6, 6.07) is 7.09. The van der Waals surface area contributed by atoms with Gasteiger partial charge in [0.05, 0.1) is 16.9 Å². The van der Waals surface area contributed by atoms with Crippen molar-refractivity contribution in [2.24, 2.45) is 0 Å². The molecule has 0 aliphatic carbocycles. The van der Waals surface area contributed by atoms with Crippen LogP contribution in [-0.4, -0.2) is 43.4 Å². The van der Waals surface area contributed by atoms with Gasteiger partial charge in [-0.05, 0) is 35.4 Å². The average molecular weight is 317 g/mol. The van der Waals surface area contributed by atoms with Crippen LogP contribution in [-0.2, 0) is 0 Å². The molecule has 0 aliphatic rings. The minimum absolute atomic E-state index is 0.234. The molecule has 23 heavy (non-hydrogen) atoms. The van der Waals surface area contributed by atoms with Crippen molar-refractivity contribution < 1.29 is 9.90 Å². The molecule has 2 N–H and O–H groups in total. The molecule has 0 fully saturated rings. The molecule has 0 saturated heterocycles. The quantitative estimate of drug-likeness (QED) is 0.773. The Morgan fingerprint density at radius 1 is 1.26 bits per heavy atom. The predicted octanol–water partition coefficient (Wildman–Crippen LogP) is 1.72. The van der Waals surface area contributed by atoms with E-state index in [1.807, 2.05) is 19.9 Å². The van der Waals surface area contributed by atoms with Crippen LogP contribution in [0.2, 0.25) is 0 Å². The van der Waals surface area contributed by atoms with Crippen molar-refractivity contribution in [3.8, 4) is 5.69 Å². The molecule has 0 radical (unpaired) electrons. The first-order chi connectivity index (χ1) is 11.1. The zero-order valence-electron chi connectivity index (χ0n) is 13.6. The number of benzene rings is 1. The lowest BCUT2D eigenvalue weighted by atomic mass is 9.92. The predicted molar refractivity (Wildman–Crippen MR) is 86.3 cm³/mol. The molecule has 0 spiro atoms. The highest BCUT2D eigenvalue weighted by atomic mass is 16.3. The minimum atomic E-state index is -0.858. The van der Waals surface area contributed by atoms with Gasteiger partial charge >= 0.3 is 0 Å². The fourth-order valence-electron chi connectivity index (χ4n) is 2.71. The number of rotatable bonds is 8. The Bertz CT molecular complexity index is 621. The van der Waals surface area contributed by atoms with Crippen LogP contribution in [0.1, 0.15) is 49.9 Å². The van der Waals surface area contributed by atoms with Crippen LogP contribution in [0.25, 0.3) is 5.69 Å². The highest BCUT2D eigenvalue weighted by molar-refractivity contribution is 5.97. The van der Waals surface area contributed by atoms with Crippen LogP contribution in [0, 0.1) is 0 Å². The molecule has 7 nitrogen and oxygen atoms in total. The Kier molecular flexibility index (Phi) is 5.81. The van der Waals surface area contributed by atoms with E-state index in [2.05, 4.69) is 20.8 Å². The van der Waals surface area contributed by atoms with Crippen molar-refractivity contribution in [1.82, 2.24) is 25.5 Å². The molecule has 0 saturated carbocycles. The van der Waals surface area contributed by atoms with E-state index in [0.29, 0.717) is 24.1 Å². The molecule has 1 aromatic heterocycles. The summed E-state index contributed by atoms with van der Waals surface area (Å²) in [6.07, 6.45) is 4.50. The topological polar surface area (TPSA) is 92.9 Å². The molecule has 0 aliphatic heterocycles. The fraction of sp³-hybridized carbons (Fsp3) is 0.500. The van der Waals surface area contributed by atoms with Gasteiger partial charge in [-0.15, -0.1) is 5.10 Å². The molecule has 124 valence electrons. The third-order valence-corrected chi connectivity index (χ3v) is 3.75. The Labute approximate surface area is 135 Å². The van der Waals surface area contributed by atoms with Gasteiger partial charge in [-0.2, -0.15) is 4.68 Å². The number of aliphatic hydroxyl groups is 1. The average Bonchev–Trinajstić information content (AvgIpc) is 3.07. The van der Waals surface area contributed by atoms with E-state index in [-0.39, 0.29) is 12.5 Å². The normalized spacial score (nSPS) is 11.4. The maximum Gasteiger partial charge on any atom is 0.253 e. The van der Waals surface area contributed by atoms with Gasteiger partial charge in [0.1, 0.15) is 6.33 Å². The van der Waals surface area contributed by atoms with Crippen LogP contribution in [0.3, 0.4) is 0 Å². The third-order valence-electron chi connectivity index (χ3n) is 3.75. The van der Waals surface area contributed by atoms with Crippen LogP contribution in [0.4, 0.5) is 0 Å². The van der Waals surface area contributed by atoms with Crippen LogP contribution >= 0.6 is 0 Å². The zero-order chi connectivity index (χ0) is 16.7. The lowest BCUT2D eigenvalue weighted by Gasteiger charge is -2.27. The summed E-state index contributed by atoms with van der Waals surface area (Å²) in [5, 5.41) is 24.5. The molecule has 0 unspecified atom stereocenters. The van der Waals surface area contributed by atoms with Gasteiger partial charge in [-0.3, -0.25) is 4.79 Å². The number of amides is 1. The van der Waals surface area contributed by atoms with Crippen molar-refractivity contribution in [1.29, 1.82) is 0 Å². The monoisotopic (exact) mass is 317 g/mol. The first kappa shape index (κ1) is 17.1. The Morgan fingerprint density at radius 2 is 1.96 bits per heavy atom. The smallest absolute Gasteiger partial charge is 0.253 e. The number of carbonyl (C=O) groups is 1. The molecule has 0 bridgehead atoms. The third kappa shape index (κ3) is 4.35. The number of nitrogens with zero attached hydrogens (tertiary/aromatic N) is 4. The van der Waals surface area contributed by atoms with E-state index in [4.69, 9.17) is 0 Å². The van der Waals surface area contributed by atoms with E-state index >= 15 is 0 Å².